The van der Waals surface area contributed by atoms with Gasteiger partial charge in [0.1, 0.15) is 5.82 Å². The van der Waals surface area contributed by atoms with Crippen molar-refractivity contribution in [2.75, 3.05) is 49.5 Å². The van der Waals surface area contributed by atoms with Crippen LogP contribution in [0.15, 0.2) is 18.3 Å². The van der Waals surface area contributed by atoms with Gasteiger partial charge in [0, 0.05) is 57.7 Å². The molecular formula is C16H24N6. The Labute approximate surface area is 131 Å². The maximum absolute atomic E-state index is 5.94. The van der Waals surface area contributed by atoms with Crippen LogP contribution in [-0.4, -0.2) is 38.2 Å². The SMILES string of the molecule is Cc1c(N(C)C)cc(Cc2cnc(N)nc2N)cc1N(C)C. The number of anilines is 4. The van der Waals surface area contributed by atoms with Crippen LogP contribution in [0.25, 0.3) is 0 Å². The Balaban J connectivity index is 2.46. The predicted molar refractivity (Wildman–Crippen MR) is 93.5 cm³/mol. The molecule has 0 saturated carbocycles. The Kier molecular flexibility index (Phi) is 4.40. The van der Waals surface area contributed by atoms with Crippen LogP contribution >= 0.6 is 0 Å². The fourth-order valence-corrected chi connectivity index (χ4v) is 2.56. The van der Waals surface area contributed by atoms with Gasteiger partial charge in [-0.2, -0.15) is 4.98 Å². The first-order valence-corrected chi connectivity index (χ1v) is 7.14. The minimum atomic E-state index is 0.202. The molecule has 0 atom stereocenters. The quantitative estimate of drug-likeness (QED) is 0.893. The van der Waals surface area contributed by atoms with Gasteiger partial charge in [0.15, 0.2) is 0 Å². The summed E-state index contributed by atoms with van der Waals surface area (Å²) in [4.78, 5) is 12.3. The molecule has 6 nitrogen and oxygen atoms in total. The van der Waals surface area contributed by atoms with Gasteiger partial charge in [-0.25, -0.2) is 4.98 Å². The number of hydrogen-bond acceptors (Lipinski definition) is 6. The van der Waals surface area contributed by atoms with Crippen LogP contribution in [0.3, 0.4) is 0 Å². The van der Waals surface area contributed by atoms with Gasteiger partial charge in [-0.3, -0.25) is 0 Å². The lowest BCUT2D eigenvalue weighted by Gasteiger charge is -2.24. The van der Waals surface area contributed by atoms with Gasteiger partial charge < -0.3 is 21.3 Å². The van der Waals surface area contributed by atoms with Crippen molar-refractivity contribution < 1.29 is 0 Å². The molecule has 0 amide bonds. The lowest BCUT2D eigenvalue weighted by molar-refractivity contribution is 1.05. The van der Waals surface area contributed by atoms with Crippen molar-refractivity contribution in [3.05, 3.63) is 35.0 Å². The highest BCUT2D eigenvalue weighted by molar-refractivity contribution is 5.68. The highest BCUT2D eigenvalue weighted by Crippen LogP contribution is 2.31. The summed E-state index contributed by atoms with van der Waals surface area (Å²) in [6.07, 6.45) is 2.37. The monoisotopic (exact) mass is 300 g/mol. The van der Waals surface area contributed by atoms with Gasteiger partial charge in [-0.1, -0.05) is 0 Å². The van der Waals surface area contributed by atoms with Crippen LogP contribution in [0, 0.1) is 6.92 Å². The zero-order valence-electron chi connectivity index (χ0n) is 13.9. The molecule has 118 valence electrons. The number of nitrogens with two attached hydrogens (primary N) is 2. The minimum absolute atomic E-state index is 0.202. The normalized spacial score (nSPS) is 10.6. The van der Waals surface area contributed by atoms with E-state index in [4.69, 9.17) is 11.5 Å². The maximum atomic E-state index is 5.94. The van der Waals surface area contributed by atoms with Crippen molar-refractivity contribution in [2.45, 2.75) is 13.3 Å². The molecule has 6 heteroatoms. The summed E-state index contributed by atoms with van der Waals surface area (Å²) >= 11 is 0. The molecule has 4 N–H and O–H groups in total. The van der Waals surface area contributed by atoms with Crippen molar-refractivity contribution in [1.29, 1.82) is 0 Å². The van der Waals surface area contributed by atoms with Crippen LogP contribution in [0.2, 0.25) is 0 Å². The summed E-state index contributed by atoms with van der Waals surface area (Å²) in [6.45, 7) is 2.13. The van der Waals surface area contributed by atoms with E-state index in [1.54, 1.807) is 6.20 Å². The molecule has 22 heavy (non-hydrogen) atoms. The third-order valence-electron chi connectivity index (χ3n) is 3.69. The number of nitrogen functional groups attached to an aromatic ring is 2. The van der Waals surface area contributed by atoms with E-state index in [1.165, 1.54) is 16.9 Å². The van der Waals surface area contributed by atoms with E-state index in [1.807, 2.05) is 28.2 Å². The number of rotatable bonds is 4. The largest absolute Gasteiger partial charge is 0.383 e. The highest BCUT2D eigenvalue weighted by atomic mass is 15.1. The molecule has 0 fully saturated rings. The van der Waals surface area contributed by atoms with Gasteiger partial charge in [-0.05, 0) is 30.2 Å². The first-order chi connectivity index (χ1) is 10.3. The van der Waals surface area contributed by atoms with Crippen LogP contribution in [0.5, 0.6) is 0 Å². The third-order valence-corrected chi connectivity index (χ3v) is 3.69. The zero-order valence-corrected chi connectivity index (χ0v) is 13.9. The van der Waals surface area contributed by atoms with E-state index in [0.29, 0.717) is 12.2 Å². The molecular weight excluding hydrogens is 276 g/mol. The van der Waals surface area contributed by atoms with E-state index in [-0.39, 0.29) is 5.95 Å². The zero-order chi connectivity index (χ0) is 16.4. The first-order valence-electron chi connectivity index (χ1n) is 7.14. The molecule has 0 spiro atoms. The maximum Gasteiger partial charge on any atom is 0.221 e. The van der Waals surface area contributed by atoms with Crippen molar-refractivity contribution in [2.24, 2.45) is 0 Å². The van der Waals surface area contributed by atoms with Crippen molar-refractivity contribution in [3.8, 4) is 0 Å². The fraction of sp³-hybridized carbons (Fsp3) is 0.375. The number of benzene rings is 1. The molecule has 1 aromatic carbocycles. The van der Waals surface area contributed by atoms with Gasteiger partial charge in [-0.15, -0.1) is 0 Å². The van der Waals surface area contributed by atoms with Crippen LogP contribution in [0.4, 0.5) is 23.1 Å². The lowest BCUT2D eigenvalue weighted by atomic mass is 10.0. The molecule has 0 unspecified atom stereocenters. The van der Waals surface area contributed by atoms with Gasteiger partial charge in [0.2, 0.25) is 5.95 Å². The highest BCUT2D eigenvalue weighted by Gasteiger charge is 2.12. The summed E-state index contributed by atoms with van der Waals surface area (Å²) in [5.74, 6) is 0.638. The Morgan fingerprint density at radius 3 is 2.00 bits per heavy atom. The second-order valence-electron chi connectivity index (χ2n) is 5.86. The smallest absolute Gasteiger partial charge is 0.221 e. The number of aromatic nitrogens is 2. The van der Waals surface area contributed by atoms with Gasteiger partial charge >= 0.3 is 0 Å². The molecule has 0 bridgehead atoms. The molecule has 1 aromatic heterocycles. The second kappa shape index (κ2) is 6.09. The molecule has 0 radical (unpaired) electrons. The fourth-order valence-electron chi connectivity index (χ4n) is 2.56. The van der Waals surface area contributed by atoms with Crippen molar-refractivity contribution >= 4 is 23.1 Å². The minimum Gasteiger partial charge on any atom is -0.383 e. The molecule has 0 aliphatic heterocycles. The van der Waals surface area contributed by atoms with E-state index in [0.717, 1.165) is 11.1 Å². The van der Waals surface area contributed by atoms with E-state index in [9.17, 15) is 0 Å². The molecule has 2 aromatic rings. The summed E-state index contributed by atoms with van der Waals surface area (Å²) in [5.41, 5.74) is 17.2. The summed E-state index contributed by atoms with van der Waals surface area (Å²) in [7, 11) is 8.19. The molecule has 2 rings (SSSR count). The first kappa shape index (κ1) is 15.9. The van der Waals surface area contributed by atoms with E-state index < -0.39 is 0 Å². The summed E-state index contributed by atoms with van der Waals surface area (Å²) < 4.78 is 0. The number of hydrogen-bond donors (Lipinski definition) is 2. The third kappa shape index (κ3) is 3.21. The standard InChI is InChI=1S/C16H24N6/c1-10-13(21(2)3)7-11(8-14(10)22(4)5)6-12-9-19-16(18)20-15(12)17/h7-9H,6H2,1-5H3,(H4,17,18,19,20). The number of nitrogens with zero attached hydrogens (tertiary/aromatic N) is 4. The second-order valence-corrected chi connectivity index (χ2v) is 5.86. The lowest BCUT2D eigenvalue weighted by Crippen LogP contribution is -2.16. The van der Waals surface area contributed by atoms with Crippen LogP contribution < -0.4 is 21.3 Å². The summed E-state index contributed by atoms with van der Waals surface area (Å²) in [5, 5.41) is 0. The molecule has 0 aliphatic rings. The Bertz CT molecular complexity index is 649. The molecule has 0 aliphatic carbocycles. The van der Waals surface area contributed by atoms with Gasteiger partial charge in [0.05, 0.1) is 0 Å². The van der Waals surface area contributed by atoms with Crippen molar-refractivity contribution in [1.82, 2.24) is 9.97 Å². The Hall–Kier alpha value is -2.50. The van der Waals surface area contributed by atoms with E-state index in [2.05, 4.69) is 38.8 Å². The molecule has 0 saturated heterocycles. The van der Waals surface area contributed by atoms with Crippen molar-refractivity contribution in [3.63, 3.8) is 0 Å². The van der Waals surface area contributed by atoms with E-state index >= 15 is 0 Å². The van der Waals surface area contributed by atoms with Crippen LogP contribution in [0.1, 0.15) is 16.7 Å². The average molecular weight is 300 g/mol. The average Bonchev–Trinajstić information content (AvgIpc) is 2.42. The summed E-state index contributed by atoms with van der Waals surface area (Å²) in [6, 6.07) is 4.36. The van der Waals surface area contributed by atoms with Gasteiger partial charge in [0.25, 0.3) is 0 Å². The predicted octanol–water partition coefficient (Wildman–Crippen LogP) is 1.67. The van der Waals surface area contributed by atoms with Crippen LogP contribution in [-0.2, 0) is 6.42 Å². The Morgan fingerprint density at radius 1 is 1.00 bits per heavy atom. The topological polar surface area (TPSA) is 84.3 Å². The Morgan fingerprint density at radius 2 is 1.55 bits per heavy atom. The molecule has 1 heterocycles.